The maximum Gasteiger partial charge on any atom is 0.334 e. The molecule has 0 fully saturated rings. The van der Waals surface area contributed by atoms with Crippen molar-refractivity contribution in [2.24, 2.45) is 0 Å². The molecule has 1 rings (SSSR count). The van der Waals surface area contributed by atoms with Crippen molar-refractivity contribution in [2.75, 3.05) is 7.11 Å². The van der Waals surface area contributed by atoms with Gasteiger partial charge in [0.05, 0.1) is 18.2 Å². The van der Waals surface area contributed by atoms with Gasteiger partial charge in [0.25, 0.3) is 15.5 Å². The molecule has 0 aliphatic heterocycles. The molecule has 1 aromatic heterocycles. The minimum atomic E-state index is -4.78. The van der Waals surface area contributed by atoms with Crippen LogP contribution in [0, 0.1) is 10.1 Å². The second kappa shape index (κ2) is 4.98. The predicted molar refractivity (Wildman–Crippen MR) is 55.4 cm³/mol. The Morgan fingerprint density at radius 3 is 2.44 bits per heavy atom. The highest BCUT2D eigenvalue weighted by Gasteiger charge is 2.36. The zero-order valence-electron chi connectivity index (χ0n) is 8.63. The van der Waals surface area contributed by atoms with Gasteiger partial charge in [0.15, 0.2) is 4.90 Å². The SMILES string of the molecule is COc1cnc(C(F)F)c(S(=O)(=O)Cl)c1[N+](=O)[O-]. The molecule has 0 aliphatic carbocycles. The van der Waals surface area contributed by atoms with Gasteiger partial charge in [0.2, 0.25) is 5.75 Å². The van der Waals surface area contributed by atoms with Crippen molar-refractivity contribution < 1.29 is 26.9 Å². The van der Waals surface area contributed by atoms with Crippen LogP contribution in [0.15, 0.2) is 11.1 Å². The smallest absolute Gasteiger partial charge is 0.334 e. The maximum atomic E-state index is 12.6. The van der Waals surface area contributed by atoms with Crippen molar-refractivity contribution in [1.29, 1.82) is 0 Å². The largest absolute Gasteiger partial charge is 0.489 e. The average molecular weight is 303 g/mol. The Morgan fingerprint density at radius 1 is 1.56 bits per heavy atom. The van der Waals surface area contributed by atoms with Gasteiger partial charge in [-0.05, 0) is 0 Å². The first-order valence-corrected chi connectivity index (χ1v) is 6.45. The van der Waals surface area contributed by atoms with Gasteiger partial charge in [0, 0.05) is 10.7 Å². The quantitative estimate of drug-likeness (QED) is 0.478. The molecule has 0 radical (unpaired) electrons. The van der Waals surface area contributed by atoms with Gasteiger partial charge in [-0.25, -0.2) is 22.2 Å². The lowest BCUT2D eigenvalue weighted by Gasteiger charge is -2.08. The minimum absolute atomic E-state index is 0.580. The summed E-state index contributed by atoms with van der Waals surface area (Å²) in [5.41, 5.74) is -2.46. The predicted octanol–water partition coefficient (Wildman–Crippen LogP) is 1.86. The number of aromatic nitrogens is 1. The summed E-state index contributed by atoms with van der Waals surface area (Å²) in [6, 6.07) is 0. The van der Waals surface area contributed by atoms with Crippen LogP contribution in [0.2, 0.25) is 0 Å². The maximum absolute atomic E-state index is 12.6. The van der Waals surface area contributed by atoms with Crippen molar-refractivity contribution in [1.82, 2.24) is 4.98 Å². The first kappa shape index (κ1) is 14.5. The molecule has 0 aliphatic rings. The van der Waals surface area contributed by atoms with E-state index in [1.807, 2.05) is 0 Å². The highest BCUT2D eigenvalue weighted by atomic mass is 35.7. The van der Waals surface area contributed by atoms with Crippen molar-refractivity contribution in [2.45, 2.75) is 11.3 Å². The molecule has 0 saturated carbocycles. The van der Waals surface area contributed by atoms with Gasteiger partial charge >= 0.3 is 5.69 Å². The zero-order valence-corrected chi connectivity index (χ0v) is 10.2. The van der Waals surface area contributed by atoms with Crippen LogP contribution < -0.4 is 4.74 Å². The van der Waals surface area contributed by atoms with Crippen molar-refractivity contribution in [3.8, 4) is 5.75 Å². The van der Waals surface area contributed by atoms with E-state index in [0.29, 0.717) is 6.20 Å². The van der Waals surface area contributed by atoms with E-state index >= 15 is 0 Å². The number of nitro groups is 1. The Kier molecular flexibility index (Phi) is 4.02. The summed E-state index contributed by atoms with van der Waals surface area (Å²) < 4.78 is 52.0. The number of methoxy groups -OCH3 is 1. The van der Waals surface area contributed by atoms with Crippen LogP contribution in [0.3, 0.4) is 0 Å². The highest BCUT2D eigenvalue weighted by molar-refractivity contribution is 8.13. The molecule has 0 N–H and O–H groups in total. The van der Waals surface area contributed by atoms with E-state index < -0.39 is 42.4 Å². The number of halogens is 3. The molecule has 0 saturated heterocycles. The van der Waals surface area contributed by atoms with E-state index in [2.05, 4.69) is 9.72 Å². The molecule has 1 heterocycles. The number of ether oxygens (including phenoxy) is 1. The van der Waals surface area contributed by atoms with Gasteiger partial charge in [-0.1, -0.05) is 0 Å². The topological polar surface area (TPSA) is 99.4 Å². The van der Waals surface area contributed by atoms with Crippen LogP contribution in [0.5, 0.6) is 5.75 Å². The molecule has 0 amide bonds. The van der Waals surface area contributed by atoms with Gasteiger partial charge in [-0.2, -0.15) is 0 Å². The third-order valence-electron chi connectivity index (χ3n) is 1.86. The molecule has 0 bridgehead atoms. The first-order valence-electron chi connectivity index (χ1n) is 4.14. The molecule has 7 nitrogen and oxygen atoms in total. The number of pyridine rings is 1. The van der Waals surface area contributed by atoms with Crippen molar-refractivity contribution in [3.05, 3.63) is 22.0 Å². The highest BCUT2D eigenvalue weighted by Crippen LogP contribution is 2.39. The monoisotopic (exact) mass is 302 g/mol. The lowest BCUT2D eigenvalue weighted by atomic mass is 10.3. The summed E-state index contributed by atoms with van der Waals surface area (Å²) in [4.78, 5) is 11.3. The van der Waals surface area contributed by atoms with Gasteiger partial charge in [-0.3, -0.25) is 10.1 Å². The Balaban J connectivity index is 3.83. The second-order valence-corrected chi connectivity index (χ2v) is 5.39. The zero-order chi connectivity index (χ0) is 14.1. The van der Waals surface area contributed by atoms with Crippen LogP contribution >= 0.6 is 10.7 Å². The van der Waals surface area contributed by atoms with E-state index in [1.165, 1.54) is 0 Å². The Morgan fingerprint density at radius 2 is 2.11 bits per heavy atom. The molecule has 11 heteroatoms. The van der Waals surface area contributed by atoms with E-state index in [0.717, 1.165) is 7.11 Å². The summed E-state index contributed by atoms with van der Waals surface area (Å²) in [5, 5.41) is 10.8. The molecular formula is C7H5ClF2N2O5S. The first-order chi connectivity index (χ1) is 8.20. The number of alkyl halides is 2. The van der Waals surface area contributed by atoms with Crippen LogP contribution in [0.4, 0.5) is 14.5 Å². The number of hydrogen-bond acceptors (Lipinski definition) is 6. The van der Waals surface area contributed by atoms with Crippen LogP contribution in [0.1, 0.15) is 12.1 Å². The number of rotatable bonds is 4. The van der Waals surface area contributed by atoms with Crippen LogP contribution in [0.25, 0.3) is 0 Å². The van der Waals surface area contributed by atoms with E-state index in [9.17, 15) is 27.3 Å². The van der Waals surface area contributed by atoms with Crippen LogP contribution in [-0.4, -0.2) is 25.4 Å². The van der Waals surface area contributed by atoms with Crippen molar-refractivity contribution >= 4 is 25.4 Å². The third kappa shape index (κ3) is 2.64. The van der Waals surface area contributed by atoms with Gasteiger partial charge in [0.1, 0.15) is 5.69 Å². The summed E-state index contributed by atoms with van der Waals surface area (Å²) in [5.74, 6) is -0.580. The Bertz CT molecular complexity index is 592. The molecular weight excluding hydrogens is 298 g/mol. The third-order valence-corrected chi connectivity index (χ3v) is 3.21. The van der Waals surface area contributed by atoms with Gasteiger partial charge in [-0.15, -0.1) is 0 Å². The lowest BCUT2D eigenvalue weighted by Crippen LogP contribution is -2.08. The number of hydrogen-bond donors (Lipinski definition) is 0. The standard InChI is InChI=1S/C7H5ClF2N2O5S/c1-17-3-2-11-4(7(9)10)6(18(8,15)16)5(3)12(13)14/h2,7H,1H3. The molecule has 1 aromatic rings. The summed E-state index contributed by atoms with van der Waals surface area (Å²) in [7, 11) is 1.14. The summed E-state index contributed by atoms with van der Waals surface area (Å²) >= 11 is 0. The van der Waals surface area contributed by atoms with E-state index in [1.54, 1.807) is 0 Å². The van der Waals surface area contributed by atoms with Crippen LogP contribution in [-0.2, 0) is 9.05 Å². The second-order valence-electron chi connectivity index (χ2n) is 2.89. The fraction of sp³-hybridized carbons (Fsp3) is 0.286. The molecule has 0 unspecified atom stereocenters. The fourth-order valence-corrected chi connectivity index (χ4v) is 2.45. The van der Waals surface area contributed by atoms with Gasteiger partial charge < -0.3 is 4.74 Å². The Labute approximate surface area is 104 Å². The minimum Gasteiger partial charge on any atom is -0.489 e. The molecule has 100 valence electrons. The number of nitrogens with zero attached hydrogens (tertiary/aromatic N) is 2. The molecule has 0 atom stereocenters. The van der Waals surface area contributed by atoms with E-state index in [-0.39, 0.29) is 0 Å². The summed E-state index contributed by atoms with van der Waals surface area (Å²) in [6.45, 7) is 0. The van der Waals surface area contributed by atoms with E-state index in [4.69, 9.17) is 10.7 Å². The molecule has 0 spiro atoms. The summed E-state index contributed by atoms with van der Waals surface area (Å²) in [6.07, 6.45) is -2.70. The van der Waals surface area contributed by atoms with Crippen molar-refractivity contribution in [3.63, 3.8) is 0 Å². The Hall–Kier alpha value is -1.55. The fourth-order valence-electron chi connectivity index (χ4n) is 1.20. The molecule has 18 heavy (non-hydrogen) atoms. The molecule has 0 aromatic carbocycles. The lowest BCUT2D eigenvalue weighted by molar-refractivity contribution is -0.389. The normalized spacial score (nSPS) is 11.6. The average Bonchev–Trinajstić information content (AvgIpc) is 2.25.